The van der Waals surface area contributed by atoms with E-state index >= 15 is 0 Å². The van der Waals surface area contributed by atoms with Crippen LogP contribution in [0.5, 0.6) is 0 Å². The van der Waals surface area contributed by atoms with Gasteiger partial charge in [-0.25, -0.2) is 4.79 Å². The normalized spacial score (nSPS) is 16.7. The van der Waals surface area contributed by atoms with Crippen molar-refractivity contribution in [3.05, 3.63) is 0 Å². The van der Waals surface area contributed by atoms with Crippen LogP contribution in [0.2, 0.25) is 0 Å². The van der Waals surface area contributed by atoms with Crippen LogP contribution in [0.4, 0.5) is 4.79 Å². The van der Waals surface area contributed by atoms with Gasteiger partial charge in [-0.1, -0.05) is 6.92 Å². The van der Waals surface area contributed by atoms with Crippen LogP contribution in [0, 0.1) is 0 Å². The van der Waals surface area contributed by atoms with Crippen molar-refractivity contribution < 1.29 is 14.7 Å². The van der Waals surface area contributed by atoms with E-state index in [-0.39, 0.29) is 12.5 Å². The summed E-state index contributed by atoms with van der Waals surface area (Å²) in [6.45, 7) is 6.30. The van der Waals surface area contributed by atoms with Gasteiger partial charge in [-0.3, -0.25) is 9.69 Å². The highest BCUT2D eigenvalue weighted by atomic mass is 16.4. The monoisotopic (exact) mass is 257 g/mol. The maximum absolute atomic E-state index is 12.0. The first-order valence-electron chi connectivity index (χ1n) is 6.48. The third-order valence-electron chi connectivity index (χ3n) is 3.17. The van der Waals surface area contributed by atoms with Gasteiger partial charge in [0.2, 0.25) is 0 Å². The highest BCUT2D eigenvalue weighted by Crippen LogP contribution is 2.05. The molecule has 0 aliphatic carbocycles. The molecule has 0 unspecified atom stereocenters. The summed E-state index contributed by atoms with van der Waals surface area (Å²) in [5, 5.41) is 8.62. The molecule has 1 N–H and O–H groups in total. The lowest BCUT2D eigenvalue weighted by Gasteiger charge is -2.36. The number of aliphatic carboxylic acids is 1. The van der Waals surface area contributed by atoms with Gasteiger partial charge < -0.3 is 14.9 Å². The van der Waals surface area contributed by atoms with E-state index < -0.39 is 5.97 Å². The molecule has 2 amide bonds. The minimum Gasteiger partial charge on any atom is -0.481 e. The molecule has 18 heavy (non-hydrogen) atoms. The van der Waals surface area contributed by atoms with Gasteiger partial charge in [0.1, 0.15) is 0 Å². The second-order valence-electron chi connectivity index (χ2n) is 4.68. The van der Waals surface area contributed by atoms with Crippen molar-refractivity contribution in [3.63, 3.8) is 0 Å². The zero-order valence-electron chi connectivity index (χ0n) is 11.3. The Kier molecular flexibility index (Phi) is 5.91. The van der Waals surface area contributed by atoms with Crippen LogP contribution in [0.25, 0.3) is 0 Å². The van der Waals surface area contributed by atoms with Gasteiger partial charge in [-0.15, -0.1) is 0 Å². The molecule has 0 saturated carbocycles. The fourth-order valence-electron chi connectivity index (χ4n) is 2.09. The predicted molar refractivity (Wildman–Crippen MR) is 68.6 cm³/mol. The van der Waals surface area contributed by atoms with E-state index in [0.29, 0.717) is 19.6 Å². The Morgan fingerprint density at radius 3 is 2.33 bits per heavy atom. The number of hydrogen-bond donors (Lipinski definition) is 1. The van der Waals surface area contributed by atoms with Gasteiger partial charge in [-0.2, -0.15) is 0 Å². The third-order valence-corrected chi connectivity index (χ3v) is 3.17. The van der Waals surface area contributed by atoms with Gasteiger partial charge in [-0.05, 0) is 6.42 Å². The number of rotatable bonds is 5. The Balaban J connectivity index is 2.30. The standard InChI is InChI=1S/C12H23N3O3/c1-3-5-13(2)12(18)15-9-7-14(8-10-15)6-4-11(16)17/h3-10H2,1-2H3,(H,16,17). The van der Waals surface area contributed by atoms with Crippen molar-refractivity contribution in [2.45, 2.75) is 19.8 Å². The summed E-state index contributed by atoms with van der Waals surface area (Å²) in [5.41, 5.74) is 0. The van der Waals surface area contributed by atoms with Crippen LogP contribution in [-0.2, 0) is 4.79 Å². The first-order valence-corrected chi connectivity index (χ1v) is 6.48. The predicted octanol–water partition coefficient (Wildman–Crippen LogP) is 0.540. The van der Waals surface area contributed by atoms with E-state index in [1.807, 2.05) is 18.9 Å². The highest BCUT2D eigenvalue weighted by Gasteiger charge is 2.23. The van der Waals surface area contributed by atoms with Crippen molar-refractivity contribution in [3.8, 4) is 0 Å². The minimum absolute atomic E-state index is 0.0785. The summed E-state index contributed by atoms with van der Waals surface area (Å²) >= 11 is 0. The van der Waals surface area contributed by atoms with Crippen LogP contribution in [-0.4, -0.2) is 78.1 Å². The van der Waals surface area contributed by atoms with E-state index in [4.69, 9.17) is 5.11 Å². The molecule has 0 aromatic carbocycles. The molecule has 0 atom stereocenters. The number of urea groups is 1. The molecular weight excluding hydrogens is 234 g/mol. The summed E-state index contributed by atoms with van der Waals surface area (Å²) in [7, 11) is 1.82. The molecule has 1 fully saturated rings. The Hall–Kier alpha value is -1.30. The summed E-state index contributed by atoms with van der Waals surface area (Å²) in [5.74, 6) is -0.767. The molecule has 0 spiro atoms. The van der Waals surface area contributed by atoms with Crippen molar-refractivity contribution >= 4 is 12.0 Å². The molecule has 0 bridgehead atoms. The third kappa shape index (κ3) is 4.52. The molecule has 1 aliphatic heterocycles. The fourth-order valence-corrected chi connectivity index (χ4v) is 2.09. The number of carbonyl (C=O) groups is 2. The van der Waals surface area contributed by atoms with Crippen LogP contribution >= 0.6 is 0 Å². The topological polar surface area (TPSA) is 64.1 Å². The first kappa shape index (κ1) is 14.8. The van der Waals surface area contributed by atoms with Crippen LogP contribution in [0.3, 0.4) is 0 Å². The van der Waals surface area contributed by atoms with Crippen molar-refractivity contribution in [1.29, 1.82) is 0 Å². The van der Waals surface area contributed by atoms with Gasteiger partial charge in [0.05, 0.1) is 6.42 Å². The molecule has 1 aliphatic rings. The summed E-state index contributed by atoms with van der Waals surface area (Å²) < 4.78 is 0. The van der Waals surface area contributed by atoms with Gasteiger partial charge in [0, 0.05) is 46.3 Å². The molecular formula is C12H23N3O3. The Bertz CT molecular complexity index is 288. The number of amides is 2. The van der Waals surface area contributed by atoms with Crippen molar-refractivity contribution in [2.24, 2.45) is 0 Å². The summed E-state index contributed by atoms with van der Waals surface area (Å²) in [6, 6.07) is 0.0785. The number of carboxylic acids is 1. The number of nitrogens with zero attached hydrogens (tertiary/aromatic N) is 3. The van der Waals surface area contributed by atoms with E-state index in [9.17, 15) is 9.59 Å². The van der Waals surface area contributed by atoms with E-state index in [1.54, 1.807) is 4.90 Å². The molecule has 0 radical (unpaired) electrons. The number of hydrogen-bond acceptors (Lipinski definition) is 3. The lowest BCUT2D eigenvalue weighted by Crippen LogP contribution is -2.52. The molecule has 1 saturated heterocycles. The Morgan fingerprint density at radius 2 is 1.83 bits per heavy atom. The molecule has 1 heterocycles. The fraction of sp³-hybridized carbons (Fsp3) is 0.833. The van der Waals surface area contributed by atoms with Gasteiger partial charge in [0.25, 0.3) is 0 Å². The van der Waals surface area contributed by atoms with Gasteiger partial charge >= 0.3 is 12.0 Å². The lowest BCUT2D eigenvalue weighted by molar-refractivity contribution is -0.137. The number of piperazine rings is 1. The number of carbonyl (C=O) groups excluding carboxylic acids is 1. The quantitative estimate of drug-likeness (QED) is 0.781. The summed E-state index contributed by atoms with van der Waals surface area (Å²) in [6.07, 6.45) is 1.13. The van der Waals surface area contributed by atoms with Crippen LogP contribution < -0.4 is 0 Å². The molecule has 0 aromatic rings. The maximum atomic E-state index is 12.0. The second-order valence-corrected chi connectivity index (χ2v) is 4.68. The minimum atomic E-state index is -0.767. The smallest absolute Gasteiger partial charge is 0.319 e. The molecule has 6 nitrogen and oxygen atoms in total. The SMILES string of the molecule is CCCN(C)C(=O)N1CCN(CCC(=O)O)CC1. The van der Waals surface area contributed by atoms with Crippen LogP contribution in [0.1, 0.15) is 19.8 Å². The largest absolute Gasteiger partial charge is 0.481 e. The Labute approximate surface area is 108 Å². The molecule has 6 heteroatoms. The average molecular weight is 257 g/mol. The molecule has 1 rings (SSSR count). The highest BCUT2D eigenvalue weighted by molar-refractivity contribution is 5.74. The number of carboxylic acid groups (broad SMARTS) is 1. The lowest BCUT2D eigenvalue weighted by atomic mass is 10.3. The molecule has 0 aromatic heterocycles. The maximum Gasteiger partial charge on any atom is 0.319 e. The van der Waals surface area contributed by atoms with Crippen LogP contribution in [0.15, 0.2) is 0 Å². The van der Waals surface area contributed by atoms with E-state index in [0.717, 1.165) is 26.1 Å². The molecule has 104 valence electrons. The summed E-state index contributed by atoms with van der Waals surface area (Å²) in [4.78, 5) is 28.2. The van der Waals surface area contributed by atoms with E-state index in [1.165, 1.54) is 0 Å². The Morgan fingerprint density at radius 1 is 1.22 bits per heavy atom. The van der Waals surface area contributed by atoms with Crippen molar-refractivity contribution in [2.75, 3.05) is 46.3 Å². The zero-order valence-corrected chi connectivity index (χ0v) is 11.3. The first-order chi connectivity index (χ1) is 8.54. The zero-order chi connectivity index (χ0) is 13.5. The van der Waals surface area contributed by atoms with E-state index in [2.05, 4.69) is 4.90 Å². The van der Waals surface area contributed by atoms with Crippen molar-refractivity contribution in [1.82, 2.24) is 14.7 Å². The van der Waals surface area contributed by atoms with Gasteiger partial charge in [0.15, 0.2) is 0 Å². The second kappa shape index (κ2) is 7.20. The average Bonchev–Trinajstić information content (AvgIpc) is 2.36.